The van der Waals surface area contributed by atoms with Crippen molar-refractivity contribution in [3.63, 3.8) is 0 Å². The van der Waals surface area contributed by atoms with Gasteiger partial charge < -0.3 is 20.3 Å². The molecule has 1 rings (SSSR count). The lowest BCUT2D eigenvalue weighted by atomic mass is 9.97. The lowest BCUT2D eigenvalue weighted by Gasteiger charge is -2.21. The Labute approximate surface area is 140 Å². The Kier molecular flexibility index (Phi) is 7.00. The van der Waals surface area contributed by atoms with E-state index in [1.165, 1.54) is 18.2 Å². The summed E-state index contributed by atoms with van der Waals surface area (Å²) in [5.41, 5.74) is -0.108. The quantitative estimate of drug-likeness (QED) is 0.689. The maximum Gasteiger partial charge on any atom is 0.407 e. The number of aliphatic hydroxyl groups is 2. The molecular weight excluding hydrogens is 322 g/mol. The highest BCUT2D eigenvalue weighted by atomic mass is 35.5. The number of alkyl carbamates (subject to hydrolysis) is 1. The van der Waals surface area contributed by atoms with Gasteiger partial charge in [0, 0.05) is 17.1 Å². The Morgan fingerprint density at radius 3 is 2.61 bits per heavy atom. The van der Waals surface area contributed by atoms with E-state index in [0.717, 1.165) is 0 Å². The average molecular weight is 344 g/mol. The number of halogens is 1. The van der Waals surface area contributed by atoms with E-state index in [0.29, 0.717) is 11.3 Å². The first-order valence-corrected chi connectivity index (χ1v) is 7.59. The van der Waals surface area contributed by atoms with Crippen LogP contribution in [0.4, 0.5) is 4.79 Å². The van der Waals surface area contributed by atoms with Crippen LogP contribution in [0.2, 0.25) is 5.02 Å². The maximum atomic E-state index is 11.5. The highest BCUT2D eigenvalue weighted by Crippen LogP contribution is 2.24. The van der Waals surface area contributed by atoms with Crippen LogP contribution in [0.5, 0.6) is 0 Å². The number of nitrogens with one attached hydrogen (secondary N) is 1. The largest absolute Gasteiger partial charge is 0.444 e. The summed E-state index contributed by atoms with van der Waals surface area (Å²) in [6.45, 7) is 5.35. The van der Waals surface area contributed by atoms with Crippen molar-refractivity contribution >= 4 is 24.0 Å². The van der Waals surface area contributed by atoms with Crippen LogP contribution >= 0.6 is 11.6 Å². The molecule has 2 atom stereocenters. The van der Waals surface area contributed by atoms with Crippen LogP contribution in [-0.4, -0.2) is 40.8 Å². The van der Waals surface area contributed by atoms with Gasteiger partial charge in [0.2, 0.25) is 0 Å². The molecule has 0 fully saturated rings. The number of benzene rings is 1. The molecule has 0 radical (unpaired) electrons. The number of hydrogen-bond acceptors (Lipinski definition) is 5. The van der Waals surface area contributed by atoms with Crippen molar-refractivity contribution < 1.29 is 24.5 Å². The molecule has 0 aliphatic heterocycles. The fourth-order valence-corrected chi connectivity index (χ4v) is 2.10. The number of carbonyl (C=O) groups is 2. The van der Waals surface area contributed by atoms with Crippen LogP contribution in [0.15, 0.2) is 18.2 Å². The molecule has 0 bridgehead atoms. The van der Waals surface area contributed by atoms with Crippen molar-refractivity contribution in [1.29, 1.82) is 0 Å². The SMILES string of the molecule is CC(C)(C)OC(=O)NCCC(O)C(O)c1ccc(Cl)cc1C=O. The Hall–Kier alpha value is -1.63. The topological polar surface area (TPSA) is 95.9 Å². The second kappa shape index (κ2) is 8.29. The average Bonchev–Trinajstić information content (AvgIpc) is 2.44. The molecule has 7 heteroatoms. The van der Waals surface area contributed by atoms with E-state index in [1.54, 1.807) is 20.8 Å². The van der Waals surface area contributed by atoms with Crippen LogP contribution in [0.1, 0.15) is 49.2 Å². The first kappa shape index (κ1) is 19.4. The number of carbonyl (C=O) groups excluding carboxylic acids is 2. The number of rotatable bonds is 6. The van der Waals surface area contributed by atoms with Gasteiger partial charge in [-0.2, -0.15) is 0 Å². The van der Waals surface area contributed by atoms with Crippen molar-refractivity contribution in [3.05, 3.63) is 34.3 Å². The molecule has 0 spiro atoms. The van der Waals surface area contributed by atoms with Gasteiger partial charge in [0.15, 0.2) is 0 Å². The van der Waals surface area contributed by atoms with Gasteiger partial charge in [-0.3, -0.25) is 4.79 Å². The zero-order valence-electron chi connectivity index (χ0n) is 13.4. The van der Waals surface area contributed by atoms with Crippen molar-refractivity contribution in [2.75, 3.05) is 6.54 Å². The van der Waals surface area contributed by atoms with E-state index in [2.05, 4.69) is 5.32 Å². The van der Waals surface area contributed by atoms with Gasteiger partial charge in [-0.25, -0.2) is 4.79 Å². The minimum atomic E-state index is -1.26. The number of amides is 1. The second-order valence-electron chi connectivity index (χ2n) is 6.12. The van der Waals surface area contributed by atoms with Crippen molar-refractivity contribution in [2.45, 2.75) is 45.0 Å². The molecule has 0 saturated heterocycles. The second-order valence-corrected chi connectivity index (χ2v) is 6.56. The van der Waals surface area contributed by atoms with Gasteiger partial charge in [0.1, 0.15) is 18.0 Å². The van der Waals surface area contributed by atoms with Crippen molar-refractivity contribution in [2.24, 2.45) is 0 Å². The van der Waals surface area contributed by atoms with Gasteiger partial charge in [-0.1, -0.05) is 17.7 Å². The Bertz CT molecular complexity index is 556. The summed E-state index contributed by atoms with van der Waals surface area (Å²) in [5.74, 6) is 0. The Balaban J connectivity index is 2.56. The summed E-state index contributed by atoms with van der Waals surface area (Å²) in [4.78, 5) is 22.5. The van der Waals surface area contributed by atoms with Crippen molar-refractivity contribution in [3.8, 4) is 0 Å². The fourth-order valence-electron chi connectivity index (χ4n) is 1.92. The molecule has 1 aromatic carbocycles. The normalized spacial score (nSPS) is 14.0. The van der Waals surface area contributed by atoms with Gasteiger partial charge in [0.05, 0.1) is 6.10 Å². The molecule has 2 unspecified atom stereocenters. The van der Waals surface area contributed by atoms with Crippen LogP contribution < -0.4 is 5.32 Å². The molecule has 1 amide bonds. The van der Waals surface area contributed by atoms with Gasteiger partial charge >= 0.3 is 6.09 Å². The molecular formula is C16H22ClNO5. The number of aliphatic hydroxyl groups excluding tert-OH is 2. The smallest absolute Gasteiger partial charge is 0.407 e. The summed E-state index contributed by atoms with van der Waals surface area (Å²) < 4.78 is 5.06. The van der Waals surface area contributed by atoms with Gasteiger partial charge in [0.25, 0.3) is 0 Å². The monoisotopic (exact) mass is 343 g/mol. The molecule has 1 aromatic rings. The summed E-state index contributed by atoms with van der Waals surface area (Å²) in [6, 6.07) is 4.43. The minimum absolute atomic E-state index is 0.0985. The van der Waals surface area contributed by atoms with Gasteiger partial charge in [-0.15, -0.1) is 0 Å². The number of aldehydes is 1. The minimum Gasteiger partial charge on any atom is -0.444 e. The molecule has 0 aliphatic rings. The molecule has 3 N–H and O–H groups in total. The van der Waals surface area contributed by atoms with E-state index < -0.39 is 23.9 Å². The summed E-state index contributed by atoms with van der Waals surface area (Å²) in [6.07, 6.45) is -2.34. The molecule has 0 saturated carbocycles. The molecule has 0 aliphatic carbocycles. The molecule has 6 nitrogen and oxygen atoms in total. The highest BCUT2D eigenvalue weighted by molar-refractivity contribution is 6.30. The molecule has 128 valence electrons. The molecule has 23 heavy (non-hydrogen) atoms. The third-order valence-corrected chi connectivity index (χ3v) is 3.20. The van der Waals surface area contributed by atoms with Crippen LogP contribution in [-0.2, 0) is 4.74 Å². The standard InChI is InChI=1S/C16H22ClNO5/c1-16(2,3)23-15(22)18-7-6-13(20)14(21)12-5-4-11(17)8-10(12)9-19/h4-5,8-9,13-14,20-21H,6-7H2,1-3H3,(H,18,22). The summed E-state index contributed by atoms with van der Waals surface area (Å²) in [5, 5.41) is 23.0. The van der Waals surface area contributed by atoms with Crippen LogP contribution in [0.3, 0.4) is 0 Å². The Morgan fingerprint density at radius 1 is 1.39 bits per heavy atom. The number of ether oxygens (including phenoxy) is 1. The third kappa shape index (κ3) is 6.56. The summed E-state index contributed by atoms with van der Waals surface area (Å²) in [7, 11) is 0. The predicted octanol–water partition coefficient (Wildman–Crippen LogP) is 2.46. The van der Waals surface area contributed by atoms with Crippen LogP contribution in [0.25, 0.3) is 0 Å². The lowest BCUT2D eigenvalue weighted by molar-refractivity contribution is 0.0120. The highest BCUT2D eigenvalue weighted by Gasteiger charge is 2.22. The lowest BCUT2D eigenvalue weighted by Crippen LogP contribution is -2.34. The third-order valence-electron chi connectivity index (χ3n) is 2.97. The molecule has 0 aromatic heterocycles. The predicted molar refractivity (Wildman–Crippen MR) is 86.7 cm³/mol. The van der Waals surface area contributed by atoms with E-state index in [4.69, 9.17) is 16.3 Å². The summed E-state index contributed by atoms with van der Waals surface area (Å²) >= 11 is 5.79. The van der Waals surface area contributed by atoms with Crippen LogP contribution in [0, 0.1) is 0 Å². The number of hydrogen-bond donors (Lipinski definition) is 3. The van der Waals surface area contributed by atoms with E-state index >= 15 is 0 Å². The first-order valence-electron chi connectivity index (χ1n) is 7.21. The van der Waals surface area contributed by atoms with E-state index in [-0.39, 0.29) is 24.1 Å². The maximum absolute atomic E-state index is 11.5. The first-order chi connectivity index (χ1) is 10.6. The van der Waals surface area contributed by atoms with E-state index in [9.17, 15) is 19.8 Å². The molecule has 0 heterocycles. The Morgan fingerprint density at radius 2 is 2.04 bits per heavy atom. The zero-order chi connectivity index (χ0) is 17.6. The van der Waals surface area contributed by atoms with Crippen molar-refractivity contribution in [1.82, 2.24) is 5.32 Å². The van der Waals surface area contributed by atoms with Gasteiger partial charge in [-0.05, 0) is 44.9 Å². The van der Waals surface area contributed by atoms with E-state index in [1.807, 2.05) is 0 Å². The fraction of sp³-hybridized carbons (Fsp3) is 0.500. The zero-order valence-corrected chi connectivity index (χ0v) is 14.1.